The number of nitrogens with zero attached hydrogens (tertiary/aromatic N) is 1. The summed E-state index contributed by atoms with van der Waals surface area (Å²) in [5.74, 6) is 0.468. The zero-order chi connectivity index (χ0) is 16.3. The molecule has 0 unspecified atom stereocenters. The van der Waals surface area contributed by atoms with E-state index in [1.54, 1.807) is 31.3 Å². The fourth-order valence-electron chi connectivity index (χ4n) is 2.17. The molecule has 0 N–H and O–H groups in total. The van der Waals surface area contributed by atoms with Crippen LogP contribution in [-0.2, 0) is 16.6 Å². The van der Waals surface area contributed by atoms with Crippen LogP contribution in [0.2, 0.25) is 0 Å². The predicted octanol–water partition coefficient (Wildman–Crippen LogP) is 4.39. The van der Waals surface area contributed by atoms with Crippen molar-refractivity contribution in [1.29, 1.82) is 0 Å². The molecule has 0 atom stereocenters. The number of halogens is 1. The van der Waals surface area contributed by atoms with Gasteiger partial charge >= 0.3 is 0 Å². The number of sulfonamides is 1. The Morgan fingerprint density at radius 2 is 1.64 bits per heavy atom. The second kappa shape index (κ2) is 6.94. The number of benzene rings is 2. The molecule has 0 spiro atoms. The molecule has 0 heterocycles. The lowest BCUT2D eigenvalue weighted by Gasteiger charge is -2.18. The molecule has 0 aliphatic carbocycles. The molecule has 22 heavy (non-hydrogen) atoms. The van der Waals surface area contributed by atoms with Gasteiger partial charge in [-0.25, -0.2) is 8.42 Å². The molecule has 0 radical (unpaired) electrons. The third-order valence-electron chi connectivity index (χ3n) is 3.58. The van der Waals surface area contributed by atoms with Crippen LogP contribution in [0.15, 0.2) is 57.9 Å². The summed E-state index contributed by atoms with van der Waals surface area (Å²) in [5, 5.41) is 0. The molecule has 2 rings (SSSR count). The zero-order valence-corrected chi connectivity index (χ0v) is 15.4. The van der Waals surface area contributed by atoms with Gasteiger partial charge in [-0.1, -0.05) is 50.2 Å². The van der Waals surface area contributed by atoms with E-state index in [1.807, 2.05) is 12.1 Å². The first-order chi connectivity index (χ1) is 10.3. The highest BCUT2D eigenvalue weighted by atomic mass is 79.9. The van der Waals surface area contributed by atoms with Crippen molar-refractivity contribution in [2.45, 2.75) is 31.2 Å². The van der Waals surface area contributed by atoms with Gasteiger partial charge in [0.2, 0.25) is 10.0 Å². The molecule has 0 amide bonds. The minimum atomic E-state index is -3.51. The molecule has 2 aromatic carbocycles. The van der Waals surface area contributed by atoms with E-state index >= 15 is 0 Å². The van der Waals surface area contributed by atoms with Crippen LogP contribution < -0.4 is 0 Å². The normalized spacial score (nSPS) is 12.1. The van der Waals surface area contributed by atoms with Crippen LogP contribution in [0.5, 0.6) is 0 Å². The van der Waals surface area contributed by atoms with Gasteiger partial charge < -0.3 is 0 Å². The maximum absolute atomic E-state index is 12.6. The molecule has 118 valence electrons. The fourth-order valence-corrected chi connectivity index (χ4v) is 4.29. The molecule has 0 fully saturated rings. The van der Waals surface area contributed by atoms with E-state index < -0.39 is 10.0 Å². The Bertz CT molecular complexity index is 740. The van der Waals surface area contributed by atoms with Gasteiger partial charge in [-0.15, -0.1) is 0 Å². The quantitative estimate of drug-likeness (QED) is 0.769. The highest BCUT2D eigenvalue weighted by Gasteiger charge is 2.23. The summed E-state index contributed by atoms with van der Waals surface area (Å²) < 4.78 is 27.2. The molecule has 5 heteroatoms. The van der Waals surface area contributed by atoms with Gasteiger partial charge in [0.1, 0.15) is 0 Å². The third-order valence-corrected chi connectivity index (χ3v) is 6.39. The van der Waals surface area contributed by atoms with E-state index in [1.165, 1.54) is 9.87 Å². The molecule has 3 nitrogen and oxygen atoms in total. The Morgan fingerprint density at radius 3 is 2.18 bits per heavy atom. The van der Waals surface area contributed by atoms with Gasteiger partial charge in [-0.05, 0) is 45.1 Å². The van der Waals surface area contributed by atoms with Gasteiger partial charge in [-0.2, -0.15) is 4.31 Å². The molecule has 0 aromatic heterocycles. The largest absolute Gasteiger partial charge is 0.244 e. The van der Waals surface area contributed by atoms with Crippen molar-refractivity contribution in [3.8, 4) is 0 Å². The highest BCUT2D eigenvalue weighted by Crippen LogP contribution is 2.25. The van der Waals surface area contributed by atoms with Gasteiger partial charge in [0.25, 0.3) is 0 Å². The fraction of sp³-hybridized carbons (Fsp3) is 0.294. The van der Waals surface area contributed by atoms with E-state index in [2.05, 4.69) is 41.9 Å². The number of hydrogen-bond acceptors (Lipinski definition) is 2. The molecule has 0 saturated heterocycles. The Labute approximate surface area is 141 Å². The minimum Gasteiger partial charge on any atom is -0.207 e. The molecule has 0 aliphatic heterocycles. The highest BCUT2D eigenvalue weighted by molar-refractivity contribution is 9.10. The summed E-state index contributed by atoms with van der Waals surface area (Å²) in [4.78, 5) is 0.288. The average molecular weight is 382 g/mol. The zero-order valence-electron chi connectivity index (χ0n) is 13.0. The molecule has 0 aliphatic rings. The van der Waals surface area contributed by atoms with E-state index in [4.69, 9.17) is 0 Å². The maximum atomic E-state index is 12.6. The van der Waals surface area contributed by atoms with E-state index in [0.717, 1.165) is 5.56 Å². The first-order valence-electron chi connectivity index (χ1n) is 7.12. The molecular formula is C17H20BrNO2S. The van der Waals surface area contributed by atoms with E-state index in [9.17, 15) is 8.42 Å². The van der Waals surface area contributed by atoms with Gasteiger partial charge in [0.15, 0.2) is 0 Å². The van der Waals surface area contributed by atoms with Gasteiger partial charge in [0, 0.05) is 18.1 Å². The summed E-state index contributed by atoms with van der Waals surface area (Å²) in [6.07, 6.45) is 0. The monoisotopic (exact) mass is 381 g/mol. The maximum Gasteiger partial charge on any atom is 0.244 e. The summed E-state index contributed by atoms with van der Waals surface area (Å²) >= 11 is 3.31. The molecular weight excluding hydrogens is 362 g/mol. The van der Waals surface area contributed by atoms with Crippen LogP contribution in [0.4, 0.5) is 0 Å². The van der Waals surface area contributed by atoms with Crippen LogP contribution >= 0.6 is 15.9 Å². The third kappa shape index (κ3) is 3.77. The SMILES string of the molecule is CC(C)c1ccc(CN(C)S(=O)(=O)c2ccccc2Br)cc1. The first-order valence-corrected chi connectivity index (χ1v) is 9.35. The van der Waals surface area contributed by atoms with E-state index in [0.29, 0.717) is 16.9 Å². The Kier molecular flexibility index (Phi) is 5.42. The summed E-state index contributed by atoms with van der Waals surface area (Å²) in [5.41, 5.74) is 2.22. The average Bonchev–Trinajstić information content (AvgIpc) is 2.48. The van der Waals surface area contributed by atoms with Crippen LogP contribution in [0.1, 0.15) is 30.9 Å². The molecule has 0 saturated carbocycles. The Balaban J connectivity index is 2.21. The number of hydrogen-bond donors (Lipinski definition) is 0. The van der Waals surface area contributed by atoms with Gasteiger partial charge in [-0.3, -0.25) is 0 Å². The lowest BCUT2D eigenvalue weighted by molar-refractivity contribution is 0.466. The van der Waals surface area contributed by atoms with Crippen LogP contribution in [0.3, 0.4) is 0 Å². The van der Waals surface area contributed by atoms with Gasteiger partial charge in [0.05, 0.1) is 4.90 Å². The molecule has 0 bridgehead atoms. The van der Waals surface area contributed by atoms with Crippen molar-refractivity contribution in [3.63, 3.8) is 0 Å². The van der Waals surface area contributed by atoms with Crippen molar-refractivity contribution >= 4 is 26.0 Å². The second-order valence-electron chi connectivity index (χ2n) is 5.59. The van der Waals surface area contributed by atoms with Crippen molar-refractivity contribution in [3.05, 3.63) is 64.1 Å². The Morgan fingerprint density at radius 1 is 1.05 bits per heavy atom. The topological polar surface area (TPSA) is 37.4 Å². The lowest BCUT2D eigenvalue weighted by atomic mass is 10.0. The van der Waals surface area contributed by atoms with Crippen molar-refractivity contribution in [2.75, 3.05) is 7.05 Å². The smallest absolute Gasteiger partial charge is 0.207 e. The lowest BCUT2D eigenvalue weighted by Crippen LogP contribution is -2.26. The van der Waals surface area contributed by atoms with Crippen molar-refractivity contribution in [1.82, 2.24) is 4.31 Å². The Hall–Kier alpha value is -1.17. The van der Waals surface area contributed by atoms with Crippen molar-refractivity contribution < 1.29 is 8.42 Å². The standard InChI is InChI=1S/C17H20BrNO2S/c1-13(2)15-10-8-14(9-11-15)12-19(3)22(20,21)17-7-5-4-6-16(17)18/h4-11,13H,12H2,1-3H3. The van der Waals surface area contributed by atoms with Crippen LogP contribution in [0, 0.1) is 0 Å². The predicted molar refractivity (Wildman–Crippen MR) is 93.3 cm³/mol. The minimum absolute atomic E-state index is 0.288. The summed E-state index contributed by atoms with van der Waals surface area (Å²) in [6, 6.07) is 15.0. The molecule has 2 aromatic rings. The summed E-state index contributed by atoms with van der Waals surface area (Å²) in [7, 11) is -1.91. The second-order valence-corrected chi connectivity index (χ2v) is 8.46. The number of rotatable bonds is 5. The van der Waals surface area contributed by atoms with Crippen molar-refractivity contribution in [2.24, 2.45) is 0 Å². The first kappa shape index (κ1) is 17.2. The van der Waals surface area contributed by atoms with E-state index in [-0.39, 0.29) is 4.90 Å². The summed E-state index contributed by atoms with van der Waals surface area (Å²) in [6.45, 7) is 4.62. The van der Waals surface area contributed by atoms with Crippen LogP contribution in [0.25, 0.3) is 0 Å². The van der Waals surface area contributed by atoms with Crippen LogP contribution in [-0.4, -0.2) is 19.8 Å².